The average Bonchev–Trinajstić information content (AvgIpc) is 2.84. The Morgan fingerprint density at radius 3 is 2.57 bits per heavy atom. The summed E-state index contributed by atoms with van der Waals surface area (Å²) < 4.78 is 28.9. The Kier molecular flexibility index (Phi) is 4.76. The van der Waals surface area contributed by atoms with E-state index in [1.54, 1.807) is 6.07 Å². The van der Waals surface area contributed by atoms with Crippen molar-refractivity contribution in [2.45, 2.75) is 38.3 Å². The van der Waals surface area contributed by atoms with E-state index in [0.29, 0.717) is 22.4 Å². The Morgan fingerprint density at radius 1 is 1.39 bits per heavy atom. The Morgan fingerprint density at radius 2 is 2.04 bits per heavy atom. The molecule has 1 aromatic heterocycles. The zero-order valence-corrected chi connectivity index (χ0v) is 14.4. The van der Waals surface area contributed by atoms with Gasteiger partial charge in [-0.15, -0.1) is 0 Å². The molecule has 0 aliphatic carbocycles. The second kappa shape index (κ2) is 6.29. The van der Waals surface area contributed by atoms with Gasteiger partial charge in [-0.1, -0.05) is 13.8 Å². The lowest BCUT2D eigenvalue weighted by Crippen LogP contribution is -2.17. The lowest BCUT2D eigenvalue weighted by Gasteiger charge is -2.11. The van der Waals surface area contributed by atoms with Crippen molar-refractivity contribution >= 4 is 26.8 Å². The maximum Gasteiger partial charge on any atom is 0.302 e. The van der Waals surface area contributed by atoms with Crippen LogP contribution in [0.1, 0.15) is 38.2 Å². The zero-order chi connectivity index (χ0) is 17.4. The van der Waals surface area contributed by atoms with Gasteiger partial charge in [0.2, 0.25) is 0 Å². The molecule has 3 N–H and O–H groups in total. The molecule has 126 valence electrons. The summed E-state index contributed by atoms with van der Waals surface area (Å²) in [6.45, 7) is 5.12. The first-order chi connectivity index (χ1) is 10.6. The molecule has 0 saturated heterocycles. The molecule has 8 heteroatoms. The zero-order valence-electron chi connectivity index (χ0n) is 13.6. The van der Waals surface area contributed by atoms with Crippen molar-refractivity contribution in [2.24, 2.45) is 11.7 Å². The molecule has 0 aliphatic rings. The van der Waals surface area contributed by atoms with Gasteiger partial charge in [0.15, 0.2) is 9.84 Å². The number of benzene rings is 1. The highest BCUT2D eigenvalue weighted by Gasteiger charge is 2.20. The minimum atomic E-state index is -3.48. The summed E-state index contributed by atoms with van der Waals surface area (Å²) >= 11 is 0. The summed E-state index contributed by atoms with van der Waals surface area (Å²) in [7, 11) is -3.48. The fourth-order valence-electron chi connectivity index (χ4n) is 2.21. The number of carbonyl (C=O) groups is 1. The molecule has 0 aliphatic heterocycles. The third-order valence-electron chi connectivity index (χ3n) is 3.55. The minimum absolute atomic E-state index is 0.0995. The lowest BCUT2D eigenvalue weighted by molar-refractivity contribution is -0.142. The number of imidazole rings is 1. The van der Waals surface area contributed by atoms with Gasteiger partial charge in [-0.3, -0.25) is 4.79 Å². The molecule has 23 heavy (non-hydrogen) atoms. The van der Waals surface area contributed by atoms with Gasteiger partial charge in [0.05, 0.1) is 22.0 Å². The van der Waals surface area contributed by atoms with Gasteiger partial charge in [0.1, 0.15) is 12.4 Å². The number of nitrogens with two attached hydrogens (primary N) is 1. The number of hydrogen-bond acceptors (Lipinski definition) is 6. The van der Waals surface area contributed by atoms with E-state index in [4.69, 9.17) is 10.5 Å². The van der Waals surface area contributed by atoms with Crippen molar-refractivity contribution < 1.29 is 17.9 Å². The number of fused-ring (bicyclic) bond motifs is 1. The lowest BCUT2D eigenvalue weighted by atomic mass is 10.1. The van der Waals surface area contributed by atoms with Crippen molar-refractivity contribution in [3.05, 3.63) is 23.5 Å². The fourth-order valence-corrected chi connectivity index (χ4v) is 3.13. The minimum Gasteiger partial charge on any atom is -0.461 e. The molecular weight excluding hydrogens is 318 g/mol. The van der Waals surface area contributed by atoms with Crippen LogP contribution in [0.5, 0.6) is 0 Å². The van der Waals surface area contributed by atoms with Crippen LogP contribution in [0.3, 0.4) is 0 Å². The smallest absolute Gasteiger partial charge is 0.302 e. The normalized spacial score (nSPS) is 13.5. The summed E-state index contributed by atoms with van der Waals surface area (Å²) in [5.74, 6) is 0.307. The van der Waals surface area contributed by atoms with Crippen LogP contribution in [0.25, 0.3) is 11.0 Å². The first-order valence-corrected chi connectivity index (χ1v) is 9.10. The molecule has 0 spiro atoms. The van der Waals surface area contributed by atoms with Gasteiger partial charge in [-0.05, 0) is 18.1 Å². The molecule has 7 nitrogen and oxygen atoms in total. The largest absolute Gasteiger partial charge is 0.461 e. The number of esters is 1. The van der Waals surface area contributed by atoms with Crippen molar-refractivity contribution in [2.75, 3.05) is 6.26 Å². The second-order valence-electron chi connectivity index (χ2n) is 5.92. The van der Waals surface area contributed by atoms with Gasteiger partial charge >= 0.3 is 5.97 Å². The van der Waals surface area contributed by atoms with Crippen LogP contribution in [0.15, 0.2) is 17.0 Å². The third kappa shape index (κ3) is 3.89. The molecule has 0 bridgehead atoms. The van der Waals surface area contributed by atoms with E-state index >= 15 is 0 Å². The van der Waals surface area contributed by atoms with Gasteiger partial charge in [0, 0.05) is 18.7 Å². The number of hydrogen-bond donors (Lipinski definition) is 2. The first-order valence-electron chi connectivity index (χ1n) is 7.21. The molecule has 0 fully saturated rings. The number of aromatic nitrogens is 2. The maximum atomic E-state index is 12.0. The Bertz CT molecular complexity index is 840. The standard InChI is InChI=1S/C15H21N3O4S/c1-8(2)14(16)15-17-11-5-10(7-22-9(3)19)13(23(4,20)21)6-12(11)18-15/h5-6,8,14H,7,16H2,1-4H3,(H,17,18). The predicted octanol–water partition coefficient (Wildman–Crippen LogP) is 1.69. The number of aromatic amines is 1. The van der Waals surface area contributed by atoms with E-state index < -0.39 is 15.8 Å². The van der Waals surface area contributed by atoms with E-state index in [1.165, 1.54) is 13.0 Å². The number of H-pyrrole nitrogens is 1. The first kappa shape index (κ1) is 17.4. The average molecular weight is 339 g/mol. The summed E-state index contributed by atoms with van der Waals surface area (Å²) in [6, 6.07) is 2.84. The molecular formula is C15H21N3O4S. The number of nitrogens with one attached hydrogen (secondary N) is 1. The second-order valence-corrected chi connectivity index (χ2v) is 7.91. The van der Waals surface area contributed by atoms with Crippen molar-refractivity contribution in [1.29, 1.82) is 0 Å². The number of nitrogens with zero attached hydrogens (tertiary/aromatic N) is 1. The predicted molar refractivity (Wildman–Crippen MR) is 86.4 cm³/mol. The molecule has 1 heterocycles. The van der Waals surface area contributed by atoms with Crippen LogP contribution < -0.4 is 5.73 Å². The highest BCUT2D eigenvalue weighted by atomic mass is 32.2. The van der Waals surface area contributed by atoms with Crippen LogP contribution >= 0.6 is 0 Å². The molecule has 1 atom stereocenters. The van der Waals surface area contributed by atoms with E-state index in [9.17, 15) is 13.2 Å². The summed E-state index contributed by atoms with van der Waals surface area (Å²) in [4.78, 5) is 18.6. The quantitative estimate of drug-likeness (QED) is 0.801. The topological polar surface area (TPSA) is 115 Å². The van der Waals surface area contributed by atoms with E-state index in [-0.39, 0.29) is 23.5 Å². The monoisotopic (exact) mass is 339 g/mol. The Hall–Kier alpha value is -1.93. The molecule has 0 saturated carbocycles. The van der Waals surface area contributed by atoms with E-state index in [2.05, 4.69) is 9.97 Å². The van der Waals surface area contributed by atoms with Crippen LogP contribution in [0.2, 0.25) is 0 Å². The molecule has 1 unspecified atom stereocenters. The van der Waals surface area contributed by atoms with E-state index in [1.807, 2.05) is 13.8 Å². The fraction of sp³-hybridized carbons (Fsp3) is 0.467. The van der Waals surface area contributed by atoms with Crippen molar-refractivity contribution in [3.63, 3.8) is 0 Å². The molecule has 0 radical (unpaired) electrons. The molecule has 1 aromatic carbocycles. The highest BCUT2D eigenvalue weighted by Crippen LogP contribution is 2.26. The number of ether oxygens (including phenoxy) is 1. The van der Waals surface area contributed by atoms with Crippen LogP contribution in [0, 0.1) is 5.92 Å². The van der Waals surface area contributed by atoms with Crippen molar-refractivity contribution in [1.82, 2.24) is 9.97 Å². The van der Waals surface area contributed by atoms with Gasteiger partial charge < -0.3 is 15.5 Å². The third-order valence-corrected chi connectivity index (χ3v) is 4.73. The molecule has 2 aromatic rings. The van der Waals surface area contributed by atoms with Crippen molar-refractivity contribution in [3.8, 4) is 0 Å². The molecule has 2 rings (SSSR count). The van der Waals surface area contributed by atoms with Gasteiger partial charge in [0.25, 0.3) is 0 Å². The summed E-state index contributed by atoms with van der Waals surface area (Å²) in [5, 5.41) is 0. The Balaban J connectivity index is 2.57. The maximum absolute atomic E-state index is 12.0. The van der Waals surface area contributed by atoms with E-state index in [0.717, 1.165) is 6.26 Å². The van der Waals surface area contributed by atoms with Gasteiger partial charge in [-0.25, -0.2) is 13.4 Å². The molecule has 0 amide bonds. The van der Waals surface area contributed by atoms with Crippen LogP contribution in [-0.2, 0) is 26.0 Å². The number of carbonyl (C=O) groups excluding carboxylic acids is 1. The SMILES string of the molecule is CC(=O)OCc1cc2[nH]c(C(N)C(C)C)nc2cc1S(C)(=O)=O. The van der Waals surface area contributed by atoms with Gasteiger partial charge in [-0.2, -0.15) is 0 Å². The summed E-state index contributed by atoms with van der Waals surface area (Å²) in [5.41, 5.74) is 7.66. The highest BCUT2D eigenvalue weighted by molar-refractivity contribution is 7.90. The van der Waals surface area contributed by atoms with Crippen LogP contribution in [0.4, 0.5) is 0 Å². The number of rotatable bonds is 5. The van der Waals surface area contributed by atoms with Crippen LogP contribution in [-0.4, -0.2) is 30.6 Å². The Labute approximate surface area is 135 Å². The summed E-state index contributed by atoms with van der Waals surface area (Å²) in [6.07, 6.45) is 1.11. The number of sulfone groups is 1.